The van der Waals surface area contributed by atoms with Crippen LogP contribution in [0.15, 0.2) is 24.4 Å². The molecule has 0 spiro atoms. The molecule has 0 saturated carbocycles. The fourth-order valence-electron chi connectivity index (χ4n) is 0.941. The number of ketones is 1. The molecule has 0 aliphatic rings. The molecular formula is C9H9NO4. The maximum atomic E-state index is 10.7. The summed E-state index contributed by atoms with van der Waals surface area (Å²) in [7, 11) is 0. The molecule has 1 aromatic rings. The minimum Gasteiger partial charge on any atom is -0.475 e. The molecule has 0 aliphatic carbocycles. The van der Waals surface area contributed by atoms with Crippen LogP contribution >= 0.6 is 0 Å². The van der Waals surface area contributed by atoms with E-state index < -0.39 is 24.3 Å². The normalized spacial score (nSPS) is 12.1. The number of aliphatic hydroxyl groups excluding tert-OH is 1. The fraction of sp³-hybridized carbons (Fsp3) is 0.222. The van der Waals surface area contributed by atoms with Crippen LogP contribution in [-0.2, 0) is 9.59 Å². The zero-order valence-corrected chi connectivity index (χ0v) is 7.25. The van der Waals surface area contributed by atoms with Crippen LogP contribution in [0.2, 0.25) is 0 Å². The number of hydrogen-bond acceptors (Lipinski definition) is 4. The predicted molar refractivity (Wildman–Crippen MR) is 46.5 cm³/mol. The van der Waals surface area contributed by atoms with Gasteiger partial charge in [0.15, 0.2) is 0 Å². The number of carboxylic acid groups (broad SMARTS) is 1. The summed E-state index contributed by atoms with van der Waals surface area (Å²) in [5.41, 5.74) is 0.294. The number of rotatable bonds is 4. The van der Waals surface area contributed by atoms with Crippen molar-refractivity contribution in [2.75, 3.05) is 0 Å². The monoisotopic (exact) mass is 195 g/mol. The van der Waals surface area contributed by atoms with E-state index in [0.717, 1.165) is 0 Å². The van der Waals surface area contributed by atoms with Crippen LogP contribution < -0.4 is 0 Å². The Morgan fingerprint density at radius 1 is 1.43 bits per heavy atom. The lowest BCUT2D eigenvalue weighted by Gasteiger charge is -2.06. The van der Waals surface area contributed by atoms with Gasteiger partial charge in [0.25, 0.3) is 0 Å². The second kappa shape index (κ2) is 4.48. The van der Waals surface area contributed by atoms with Gasteiger partial charge in [-0.2, -0.15) is 0 Å². The van der Waals surface area contributed by atoms with E-state index in [-0.39, 0.29) is 0 Å². The molecule has 0 unspecified atom stereocenters. The van der Waals surface area contributed by atoms with Gasteiger partial charge in [0, 0.05) is 12.6 Å². The van der Waals surface area contributed by atoms with Gasteiger partial charge in [0.1, 0.15) is 6.10 Å². The van der Waals surface area contributed by atoms with E-state index in [0.29, 0.717) is 5.69 Å². The summed E-state index contributed by atoms with van der Waals surface area (Å²) in [5, 5.41) is 17.7. The molecule has 0 radical (unpaired) electrons. The number of carbonyl (C=O) groups is 2. The van der Waals surface area contributed by atoms with Crippen molar-refractivity contribution in [3.63, 3.8) is 0 Å². The van der Waals surface area contributed by atoms with Crippen molar-refractivity contribution in [1.29, 1.82) is 0 Å². The fourth-order valence-corrected chi connectivity index (χ4v) is 0.941. The lowest BCUT2D eigenvalue weighted by molar-refractivity contribution is -0.150. The van der Waals surface area contributed by atoms with Gasteiger partial charge in [-0.3, -0.25) is 9.78 Å². The first-order valence-electron chi connectivity index (χ1n) is 3.96. The van der Waals surface area contributed by atoms with Crippen molar-refractivity contribution < 1.29 is 19.8 Å². The number of hydrogen-bond donors (Lipinski definition) is 2. The van der Waals surface area contributed by atoms with Crippen LogP contribution in [0.4, 0.5) is 0 Å². The zero-order valence-electron chi connectivity index (χ0n) is 7.25. The highest BCUT2D eigenvalue weighted by atomic mass is 16.4. The lowest BCUT2D eigenvalue weighted by Crippen LogP contribution is -2.16. The summed E-state index contributed by atoms with van der Waals surface area (Å²) in [6.45, 7) is 0. The third-order valence-electron chi connectivity index (χ3n) is 1.65. The molecule has 74 valence electrons. The SMILES string of the molecule is O=C(O)C(=O)C[C@H](O)c1ccccn1. The summed E-state index contributed by atoms with van der Waals surface area (Å²) in [4.78, 5) is 24.7. The number of aliphatic hydroxyl groups is 1. The molecule has 1 rings (SSSR count). The van der Waals surface area contributed by atoms with Gasteiger partial charge in [-0.1, -0.05) is 6.07 Å². The van der Waals surface area contributed by atoms with E-state index in [1.165, 1.54) is 12.3 Å². The van der Waals surface area contributed by atoms with E-state index >= 15 is 0 Å². The van der Waals surface area contributed by atoms with Crippen LogP contribution in [-0.4, -0.2) is 26.9 Å². The average Bonchev–Trinajstić information content (AvgIpc) is 2.19. The maximum absolute atomic E-state index is 10.7. The van der Waals surface area contributed by atoms with E-state index in [1.54, 1.807) is 12.1 Å². The Morgan fingerprint density at radius 2 is 2.14 bits per heavy atom. The second-order valence-electron chi connectivity index (χ2n) is 2.70. The molecule has 0 aliphatic heterocycles. The van der Waals surface area contributed by atoms with Gasteiger partial charge in [-0.25, -0.2) is 4.79 Å². The first-order chi connectivity index (χ1) is 6.61. The first kappa shape index (κ1) is 10.3. The molecule has 0 fully saturated rings. The predicted octanol–water partition coefficient (Wildman–Crippen LogP) is 0.159. The van der Waals surface area contributed by atoms with E-state index in [9.17, 15) is 14.7 Å². The van der Waals surface area contributed by atoms with Crippen molar-refractivity contribution in [2.45, 2.75) is 12.5 Å². The van der Waals surface area contributed by atoms with Gasteiger partial charge in [-0.15, -0.1) is 0 Å². The van der Waals surface area contributed by atoms with Crippen LogP contribution in [0, 0.1) is 0 Å². The standard InChI is InChI=1S/C9H9NO4/c11-7(5-8(12)9(13)14)6-3-1-2-4-10-6/h1-4,7,11H,5H2,(H,13,14)/t7-/m0/s1. The van der Waals surface area contributed by atoms with Crippen molar-refractivity contribution in [2.24, 2.45) is 0 Å². The summed E-state index contributed by atoms with van der Waals surface area (Å²) in [6.07, 6.45) is -0.143. The Labute approximate surface area is 80.0 Å². The second-order valence-corrected chi connectivity index (χ2v) is 2.70. The largest absolute Gasteiger partial charge is 0.475 e. The van der Waals surface area contributed by atoms with E-state index in [4.69, 9.17) is 5.11 Å². The third-order valence-corrected chi connectivity index (χ3v) is 1.65. The van der Waals surface area contributed by atoms with Gasteiger partial charge in [-0.05, 0) is 12.1 Å². The Morgan fingerprint density at radius 3 is 2.64 bits per heavy atom. The van der Waals surface area contributed by atoms with Gasteiger partial charge in [0.2, 0.25) is 5.78 Å². The highest BCUT2D eigenvalue weighted by molar-refractivity contribution is 6.32. The summed E-state index contributed by atoms with van der Waals surface area (Å²) >= 11 is 0. The number of pyridine rings is 1. The summed E-state index contributed by atoms with van der Waals surface area (Å²) < 4.78 is 0. The quantitative estimate of drug-likeness (QED) is 0.668. The minimum absolute atomic E-state index is 0.294. The summed E-state index contributed by atoms with van der Waals surface area (Å²) in [6, 6.07) is 4.84. The highest BCUT2D eigenvalue weighted by Crippen LogP contribution is 2.13. The van der Waals surface area contributed by atoms with Crippen molar-refractivity contribution in [3.05, 3.63) is 30.1 Å². The molecule has 1 aromatic heterocycles. The Kier molecular flexibility index (Phi) is 3.30. The summed E-state index contributed by atoms with van der Waals surface area (Å²) in [5.74, 6) is -2.57. The first-order valence-corrected chi connectivity index (χ1v) is 3.96. The van der Waals surface area contributed by atoms with Crippen LogP contribution in [0.25, 0.3) is 0 Å². The molecule has 5 nitrogen and oxygen atoms in total. The van der Waals surface area contributed by atoms with Gasteiger partial charge < -0.3 is 10.2 Å². The number of nitrogens with zero attached hydrogens (tertiary/aromatic N) is 1. The van der Waals surface area contributed by atoms with E-state index in [2.05, 4.69) is 4.98 Å². The van der Waals surface area contributed by atoms with Crippen molar-refractivity contribution in [3.8, 4) is 0 Å². The van der Waals surface area contributed by atoms with Crippen molar-refractivity contribution in [1.82, 2.24) is 4.98 Å². The molecule has 2 N–H and O–H groups in total. The Balaban J connectivity index is 2.64. The van der Waals surface area contributed by atoms with Gasteiger partial charge in [0.05, 0.1) is 5.69 Å². The molecule has 0 amide bonds. The molecule has 1 heterocycles. The van der Waals surface area contributed by atoms with Crippen molar-refractivity contribution >= 4 is 11.8 Å². The lowest BCUT2D eigenvalue weighted by atomic mass is 10.1. The molecule has 0 aromatic carbocycles. The van der Waals surface area contributed by atoms with E-state index in [1.807, 2.05) is 0 Å². The average molecular weight is 195 g/mol. The third kappa shape index (κ3) is 2.63. The molecule has 5 heteroatoms. The van der Waals surface area contributed by atoms with Crippen LogP contribution in [0.3, 0.4) is 0 Å². The van der Waals surface area contributed by atoms with Gasteiger partial charge >= 0.3 is 5.97 Å². The topological polar surface area (TPSA) is 87.5 Å². The maximum Gasteiger partial charge on any atom is 0.372 e. The molecule has 0 bridgehead atoms. The zero-order chi connectivity index (χ0) is 10.6. The number of aliphatic carboxylic acids is 1. The molecule has 0 saturated heterocycles. The number of carbonyl (C=O) groups excluding carboxylic acids is 1. The number of Topliss-reactive ketones (excluding diaryl/α,β-unsaturated/α-hetero) is 1. The molecule has 14 heavy (non-hydrogen) atoms. The molecular weight excluding hydrogens is 186 g/mol. The highest BCUT2D eigenvalue weighted by Gasteiger charge is 2.18. The Hall–Kier alpha value is -1.75. The van der Waals surface area contributed by atoms with Crippen LogP contribution in [0.5, 0.6) is 0 Å². The Bertz CT molecular complexity index is 336. The molecule has 1 atom stereocenters. The smallest absolute Gasteiger partial charge is 0.372 e. The number of carboxylic acids is 1. The minimum atomic E-state index is -1.54. The van der Waals surface area contributed by atoms with Crippen LogP contribution in [0.1, 0.15) is 18.2 Å². The number of aromatic nitrogens is 1.